The highest BCUT2D eigenvalue weighted by atomic mass is 35.5. The van der Waals surface area contributed by atoms with E-state index in [0.29, 0.717) is 29.7 Å². The number of hydrogen-bond donors (Lipinski definition) is 1. The zero-order chi connectivity index (χ0) is 27.4. The fourth-order valence-corrected chi connectivity index (χ4v) is 4.52. The minimum absolute atomic E-state index is 0.119. The number of carbonyl (C=O) groups excluding carboxylic acids is 1. The number of nitrogens with one attached hydrogen (secondary N) is 1. The van der Waals surface area contributed by atoms with Gasteiger partial charge in [-0.3, -0.25) is 9.13 Å². The number of alkyl halides is 3. The Morgan fingerprint density at radius 2 is 1.95 bits per heavy atom. The molecule has 0 spiro atoms. The molecule has 38 heavy (non-hydrogen) atoms. The summed E-state index contributed by atoms with van der Waals surface area (Å²) in [5.41, 5.74) is -0.495. The van der Waals surface area contributed by atoms with Crippen molar-refractivity contribution in [2.24, 2.45) is 7.05 Å². The maximum atomic E-state index is 13.1. The Kier molecular flexibility index (Phi) is 6.09. The van der Waals surface area contributed by atoms with Crippen molar-refractivity contribution in [3.63, 3.8) is 0 Å². The molecule has 15 heteroatoms. The predicted molar refractivity (Wildman–Crippen MR) is 132 cm³/mol. The van der Waals surface area contributed by atoms with Crippen LogP contribution < -0.4 is 11.0 Å². The maximum Gasteiger partial charge on any atom is 0.435 e. The number of benzene rings is 1. The van der Waals surface area contributed by atoms with Crippen LogP contribution in [0.25, 0.3) is 17.0 Å². The number of cyclic esters (lactones) is 1. The number of rotatable bonds is 6. The number of anilines is 2. The monoisotopic (exact) mass is 550 g/mol. The van der Waals surface area contributed by atoms with Gasteiger partial charge in [0.15, 0.2) is 11.5 Å². The number of amides is 1. The lowest BCUT2D eigenvalue weighted by Crippen LogP contribution is -2.41. The van der Waals surface area contributed by atoms with Gasteiger partial charge in [0.05, 0.1) is 30.3 Å². The van der Waals surface area contributed by atoms with Crippen molar-refractivity contribution in [3.05, 3.63) is 57.9 Å². The van der Waals surface area contributed by atoms with E-state index in [9.17, 15) is 22.8 Å². The molecule has 0 saturated carbocycles. The molecule has 200 valence electrons. The van der Waals surface area contributed by atoms with Crippen molar-refractivity contribution in [2.75, 3.05) is 18.9 Å². The smallest absolute Gasteiger partial charge is 0.435 e. The van der Waals surface area contributed by atoms with E-state index in [1.54, 1.807) is 36.9 Å². The Morgan fingerprint density at radius 1 is 1.18 bits per heavy atom. The third-order valence-electron chi connectivity index (χ3n) is 6.46. The topological polar surface area (TPSA) is 112 Å². The third-order valence-corrected chi connectivity index (χ3v) is 6.73. The Morgan fingerprint density at radius 3 is 2.58 bits per heavy atom. The highest BCUT2D eigenvalue weighted by Gasteiger charge is 2.43. The van der Waals surface area contributed by atoms with E-state index in [2.05, 4.69) is 20.4 Å². The second-order valence-electron chi connectivity index (χ2n) is 9.03. The number of likely N-dealkylation sites (N-methyl/N-ethyl adjacent to an activating group) is 1. The summed E-state index contributed by atoms with van der Waals surface area (Å²) in [6.07, 6.45) is -2.21. The molecular weight excluding hydrogens is 529 g/mol. The van der Waals surface area contributed by atoms with Gasteiger partial charge in [-0.15, -0.1) is 0 Å². The van der Waals surface area contributed by atoms with E-state index in [1.165, 1.54) is 15.7 Å². The van der Waals surface area contributed by atoms with Crippen LogP contribution in [-0.2, 0) is 24.5 Å². The van der Waals surface area contributed by atoms with Crippen LogP contribution in [0.3, 0.4) is 0 Å². The van der Waals surface area contributed by atoms with E-state index in [-0.39, 0.29) is 29.0 Å². The summed E-state index contributed by atoms with van der Waals surface area (Å²) in [6, 6.07) is 5.98. The van der Waals surface area contributed by atoms with Gasteiger partial charge in [0.2, 0.25) is 0 Å². The van der Waals surface area contributed by atoms with Gasteiger partial charge in [-0.05, 0) is 30.7 Å². The first kappa shape index (κ1) is 25.6. The zero-order valence-corrected chi connectivity index (χ0v) is 21.2. The van der Waals surface area contributed by atoms with Gasteiger partial charge in [0.1, 0.15) is 10.6 Å². The van der Waals surface area contributed by atoms with E-state index >= 15 is 0 Å². The van der Waals surface area contributed by atoms with Crippen molar-refractivity contribution in [1.29, 1.82) is 0 Å². The summed E-state index contributed by atoms with van der Waals surface area (Å²) in [7, 11) is 3.28. The number of aromatic nitrogens is 6. The normalized spacial score (nSPS) is 17.9. The lowest BCUT2D eigenvalue weighted by Gasteiger charge is -2.25. The number of carbonyl (C=O) groups is 1. The van der Waals surface area contributed by atoms with Crippen LogP contribution in [0.1, 0.15) is 19.0 Å². The van der Waals surface area contributed by atoms with E-state index < -0.39 is 23.6 Å². The van der Waals surface area contributed by atoms with Crippen molar-refractivity contribution in [2.45, 2.75) is 31.7 Å². The van der Waals surface area contributed by atoms with Crippen molar-refractivity contribution < 1.29 is 22.7 Å². The maximum absolute atomic E-state index is 13.1. The fraction of sp³-hybridized carbons (Fsp3) is 0.348. The molecule has 1 aliphatic heterocycles. The van der Waals surface area contributed by atoms with Gasteiger partial charge in [-0.25, -0.2) is 19.3 Å². The second kappa shape index (κ2) is 9.04. The Hall–Kier alpha value is -4.07. The van der Waals surface area contributed by atoms with E-state index in [0.717, 1.165) is 16.9 Å². The Balaban J connectivity index is 1.49. The molecule has 4 aromatic rings. The summed E-state index contributed by atoms with van der Waals surface area (Å²) >= 11 is 6.26. The molecule has 4 heterocycles. The van der Waals surface area contributed by atoms with E-state index in [1.807, 2.05) is 6.92 Å². The number of imidazole rings is 1. The number of hydrogen-bond acceptors (Lipinski definition) is 7. The molecule has 1 aromatic carbocycles. The standard InChI is InChI=1S/C23H22ClF3N8O3/c1-4-22(11-32(2)21(37)38-22)12-34-16-9-13(5-6-15(16)33(3)20(34)36)29-18-14(24)10-28-19(30-18)35-8-7-17(31-35)23(25,26)27/h5-10H,4,11-12H2,1-3H3,(H,28,29,30). The summed E-state index contributed by atoms with van der Waals surface area (Å²) in [5.74, 6) is 0.00318. The fourth-order valence-electron chi connectivity index (χ4n) is 4.38. The van der Waals surface area contributed by atoms with Crippen molar-refractivity contribution in [3.8, 4) is 5.95 Å². The highest BCUT2D eigenvalue weighted by molar-refractivity contribution is 6.32. The summed E-state index contributed by atoms with van der Waals surface area (Å²) in [5, 5.41) is 6.64. The van der Waals surface area contributed by atoms with Gasteiger partial charge >= 0.3 is 18.0 Å². The van der Waals surface area contributed by atoms with Crippen LogP contribution in [0, 0.1) is 0 Å². The molecule has 0 radical (unpaired) electrons. The lowest BCUT2D eigenvalue weighted by atomic mass is 10.0. The quantitative estimate of drug-likeness (QED) is 0.387. The van der Waals surface area contributed by atoms with Crippen LogP contribution in [0.5, 0.6) is 0 Å². The predicted octanol–water partition coefficient (Wildman–Crippen LogP) is 3.96. The van der Waals surface area contributed by atoms with Crippen LogP contribution in [0.2, 0.25) is 5.02 Å². The minimum atomic E-state index is -4.61. The molecule has 0 aliphatic carbocycles. The molecule has 1 fully saturated rings. The van der Waals surface area contributed by atoms with Crippen LogP contribution in [-0.4, -0.2) is 59.1 Å². The number of ether oxygens (including phenoxy) is 1. The molecule has 1 amide bonds. The summed E-state index contributed by atoms with van der Waals surface area (Å²) in [6.45, 7) is 2.38. The van der Waals surface area contributed by atoms with Gasteiger partial charge < -0.3 is 15.0 Å². The largest absolute Gasteiger partial charge is 0.439 e. The minimum Gasteiger partial charge on any atom is -0.439 e. The molecule has 1 N–H and O–H groups in total. The lowest BCUT2D eigenvalue weighted by molar-refractivity contribution is -0.141. The number of fused-ring (bicyclic) bond motifs is 1. The molecule has 1 unspecified atom stereocenters. The summed E-state index contributed by atoms with van der Waals surface area (Å²) < 4.78 is 48.4. The SMILES string of the molecule is CCC1(Cn2c(=O)n(C)c3ccc(Nc4nc(-n5ccc(C(F)(F)F)n5)ncc4Cl)cc32)CN(C)C(=O)O1. The summed E-state index contributed by atoms with van der Waals surface area (Å²) in [4.78, 5) is 34.9. The Labute approximate surface area is 218 Å². The third kappa shape index (κ3) is 4.44. The van der Waals surface area contributed by atoms with Gasteiger partial charge in [-0.1, -0.05) is 18.5 Å². The molecule has 3 aromatic heterocycles. The molecule has 5 rings (SSSR count). The Bertz CT molecular complexity index is 1610. The zero-order valence-electron chi connectivity index (χ0n) is 20.5. The van der Waals surface area contributed by atoms with E-state index in [4.69, 9.17) is 16.3 Å². The molecule has 1 saturated heterocycles. The van der Waals surface area contributed by atoms with Crippen LogP contribution in [0.4, 0.5) is 29.5 Å². The van der Waals surface area contributed by atoms with Crippen LogP contribution in [0.15, 0.2) is 41.5 Å². The van der Waals surface area contributed by atoms with Gasteiger partial charge in [0, 0.05) is 26.0 Å². The molecule has 0 bridgehead atoms. The van der Waals surface area contributed by atoms with Crippen LogP contribution >= 0.6 is 11.6 Å². The number of nitrogens with zero attached hydrogens (tertiary/aromatic N) is 7. The first-order valence-corrected chi connectivity index (χ1v) is 11.8. The average Bonchev–Trinajstić information content (AvgIpc) is 3.54. The second-order valence-corrected chi connectivity index (χ2v) is 9.43. The van der Waals surface area contributed by atoms with Crippen molar-refractivity contribution in [1.82, 2.24) is 33.8 Å². The molecule has 1 aliphatic rings. The number of aryl methyl sites for hydroxylation is 1. The van der Waals surface area contributed by atoms with Gasteiger partial charge in [-0.2, -0.15) is 23.3 Å². The van der Waals surface area contributed by atoms with Gasteiger partial charge in [0.25, 0.3) is 5.95 Å². The number of halogens is 4. The molecular formula is C23H22ClF3N8O3. The first-order chi connectivity index (χ1) is 17.9. The van der Waals surface area contributed by atoms with Crippen molar-refractivity contribution >= 4 is 40.2 Å². The average molecular weight is 551 g/mol. The molecule has 11 nitrogen and oxygen atoms in total. The highest BCUT2D eigenvalue weighted by Crippen LogP contribution is 2.31. The molecule has 1 atom stereocenters. The first-order valence-electron chi connectivity index (χ1n) is 11.5.